The maximum Gasteiger partial charge on any atom is 0.391 e. The van der Waals surface area contributed by atoms with Gasteiger partial charge in [0.05, 0.1) is 12.3 Å². The maximum atomic E-state index is 12.8. The number of amides is 1. The summed E-state index contributed by atoms with van der Waals surface area (Å²) in [6.45, 7) is 1.03. The van der Waals surface area contributed by atoms with Crippen molar-refractivity contribution >= 4 is 11.6 Å². The molecule has 1 fully saturated rings. The van der Waals surface area contributed by atoms with Gasteiger partial charge in [-0.3, -0.25) is 4.79 Å². The van der Waals surface area contributed by atoms with Gasteiger partial charge >= 0.3 is 6.18 Å². The molecule has 1 aromatic rings. The first-order chi connectivity index (χ1) is 10.9. The fourth-order valence-corrected chi connectivity index (χ4v) is 3.61. The summed E-state index contributed by atoms with van der Waals surface area (Å²) in [7, 11) is 0. The van der Waals surface area contributed by atoms with Crippen molar-refractivity contribution in [2.24, 2.45) is 5.92 Å². The van der Waals surface area contributed by atoms with Gasteiger partial charge in [0.2, 0.25) is 5.91 Å². The van der Waals surface area contributed by atoms with E-state index in [1.54, 1.807) is 4.90 Å². The summed E-state index contributed by atoms with van der Waals surface area (Å²) in [5, 5.41) is 3.21. The third kappa shape index (κ3) is 3.68. The molecule has 1 aliphatic heterocycles. The molecule has 1 aliphatic carbocycles. The molecule has 0 unspecified atom stereocenters. The van der Waals surface area contributed by atoms with Crippen molar-refractivity contribution in [2.45, 2.75) is 44.3 Å². The molecule has 126 valence electrons. The number of nitrogens with zero attached hydrogens (tertiary/aromatic N) is 1. The monoisotopic (exact) mass is 326 g/mol. The SMILES string of the molecule is O=C1Cc2ccccc2N1CCN[C@@H]1CCC[C@H](C(F)(F)F)C1. The van der Waals surface area contributed by atoms with Crippen molar-refractivity contribution < 1.29 is 18.0 Å². The Morgan fingerprint density at radius 1 is 1.22 bits per heavy atom. The first-order valence-electron chi connectivity index (χ1n) is 8.13. The van der Waals surface area contributed by atoms with Gasteiger partial charge < -0.3 is 10.2 Å². The lowest BCUT2D eigenvalue weighted by atomic mass is 9.85. The van der Waals surface area contributed by atoms with Crippen LogP contribution < -0.4 is 10.2 Å². The van der Waals surface area contributed by atoms with Crippen molar-refractivity contribution in [2.75, 3.05) is 18.0 Å². The van der Waals surface area contributed by atoms with Gasteiger partial charge in [0.25, 0.3) is 0 Å². The van der Waals surface area contributed by atoms with E-state index in [4.69, 9.17) is 0 Å². The molecule has 1 aromatic carbocycles. The Balaban J connectivity index is 1.51. The number of alkyl halides is 3. The van der Waals surface area contributed by atoms with E-state index >= 15 is 0 Å². The summed E-state index contributed by atoms with van der Waals surface area (Å²) in [4.78, 5) is 13.8. The van der Waals surface area contributed by atoms with Crippen LogP contribution in [0.15, 0.2) is 24.3 Å². The highest BCUT2D eigenvalue weighted by Gasteiger charge is 2.42. The number of hydrogen-bond donors (Lipinski definition) is 1. The summed E-state index contributed by atoms with van der Waals surface area (Å²) in [5.41, 5.74) is 1.95. The quantitative estimate of drug-likeness (QED) is 0.921. The number of rotatable bonds is 4. The molecule has 0 bridgehead atoms. The second-order valence-electron chi connectivity index (χ2n) is 6.41. The molecule has 23 heavy (non-hydrogen) atoms. The average Bonchev–Trinajstić information content (AvgIpc) is 2.83. The van der Waals surface area contributed by atoms with Crippen LogP contribution in [0.4, 0.5) is 18.9 Å². The summed E-state index contributed by atoms with van der Waals surface area (Å²) in [6.07, 6.45) is -1.92. The Morgan fingerprint density at radius 2 is 2.00 bits per heavy atom. The van der Waals surface area contributed by atoms with Crippen LogP contribution in [0.3, 0.4) is 0 Å². The molecule has 1 amide bonds. The van der Waals surface area contributed by atoms with E-state index in [1.165, 1.54) is 0 Å². The van der Waals surface area contributed by atoms with Gasteiger partial charge in [-0.15, -0.1) is 0 Å². The molecule has 0 spiro atoms. The summed E-state index contributed by atoms with van der Waals surface area (Å²) >= 11 is 0. The minimum absolute atomic E-state index is 0.0600. The van der Waals surface area contributed by atoms with Gasteiger partial charge in [-0.2, -0.15) is 13.2 Å². The zero-order chi connectivity index (χ0) is 16.4. The molecule has 3 nitrogen and oxygen atoms in total. The van der Waals surface area contributed by atoms with Crippen LogP contribution in [0.5, 0.6) is 0 Å². The van der Waals surface area contributed by atoms with E-state index in [0.29, 0.717) is 25.9 Å². The Labute approximate surface area is 133 Å². The second-order valence-corrected chi connectivity index (χ2v) is 6.41. The molecular weight excluding hydrogens is 305 g/mol. The van der Waals surface area contributed by atoms with E-state index in [1.807, 2.05) is 24.3 Å². The number of hydrogen-bond acceptors (Lipinski definition) is 2. The lowest BCUT2D eigenvalue weighted by Crippen LogP contribution is -2.42. The molecule has 6 heteroatoms. The molecule has 1 saturated carbocycles. The number of benzene rings is 1. The number of para-hydroxylation sites is 1. The van der Waals surface area contributed by atoms with Gasteiger partial charge in [0.1, 0.15) is 0 Å². The van der Waals surface area contributed by atoms with Crippen LogP contribution in [0.2, 0.25) is 0 Å². The minimum atomic E-state index is -4.09. The third-order valence-electron chi connectivity index (χ3n) is 4.83. The van der Waals surface area contributed by atoms with Gasteiger partial charge in [-0.1, -0.05) is 24.6 Å². The Bertz CT molecular complexity index is 573. The van der Waals surface area contributed by atoms with Crippen LogP contribution in [0.25, 0.3) is 0 Å². The number of nitrogens with one attached hydrogen (secondary N) is 1. The van der Waals surface area contributed by atoms with Gasteiger partial charge in [-0.25, -0.2) is 0 Å². The highest BCUT2D eigenvalue weighted by molar-refractivity contribution is 6.01. The van der Waals surface area contributed by atoms with Gasteiger partial charge in [0.15, 0.2) is 0 Å². The van der Waals surface area contributed by atoms with Crippen molar-refractivity contribution in [3.63, 3.8) is 0 Å². The van der Waals surface area contributed by atoms with Crippen molar-refractivity contribution in [3.8, 4) is 0 Å². The standard InChI is InChI=1S/C17H21F3N2O/c18-17(19,20)13-5-3-6-14(11-13)21-8-9-22-15-7-2-1-4-12(15)10-16(22)23/h1-2,4,7,13-14,21H,3,5-6,8-11H2/t13-,14+/m0/s1. The maximum absolute atomic E-state index is 12.8. The number of anilines is 1. The number of carbonyl (C=O) groups excluding carboxylic acids is 1. The lowest BCUT2D eigenvalue weighted by molar-refractivity contribution is -0.183. The molecule has 3 rings (SSSR count). The smallest absolute Gasteiger partial charge is 0.312 e. The largest absolute Gasteiger partial charge is 0.391 e. The number of carbonyl (C=O) groups is 1. The first kappa shape index (κ1) is 16.3. The van der Waals surface area contributed by atoms with Crippen LogP contribution in [0, 0.1) is 5.92 Å². The van der Waals surface area contributed by atoms with Crippen LogP contribution >= 0.6 is 0 Å². The summed E-state index contributed by atoms with van der Waals surface area (Å²) in [5.74, 6) is -1.13. The molecular formula is C17H21F3N2O. The third-order valence-corrected chi connectivity index (χ3v) is 4.83. The Morgan fingerprint density at radius 3 is 2.78 bits per heavy atom. The van der Waals surface area contributed by atoms with E-state index in [0.717, 1.165) is 17.7 Å². The predicted octanol–water partition coefficient (Wildman–Crippen LogP) is 3.29. The Hall–Kier alpha value is -1.56. The number of halogens is 3. The van der Waals surface area contributed by atoms with Crippen LogP contribution in [-0.2, 0) is 11.2 Å². The second kappa shape index (κ2) is 6.51. The normalized spacial score (nSPS) is 24.8. The Kier molecular flexibility index (Phi) is 4.62. The highest BCUT2D eigenvalue weighted by atomic mass is 19.4. The van der Waals surface area contributed by atoms with E-state index in [-0.39, 0.29) is 24.8 Å². The molecule has 1 heterocycles. The zero-order valence-electron chi connectivity index (χ0n) is 12.9. The minimum Gasteiger partial charge on any atom is -0.312 e. The molecule has 2 atom stereocenters. The molecule has 2 aliphatic rings. The highest BCUT2D eigenvalue weighted by Crippen LogP contribution is 2.37. The van der Waals surface area contributed by atoms with Gasteiger partial charge in [0, 0.05) is 24.8 Å². The predicted molar refractivity (Wildman–Crippen MR) is 82.3 cm³/mol. The van der Waals surface area contributed by atoms with Crippen LogP contribution in [0.1, 0.15) is 31.2 Å². The van der Waals surface area contributed by atoms with Crippen LogP contribution in [-0.4, -0.2) is 31.2 Å². The molecule has 1 N–H and O–H groups in total. The van der Waals surface area contributed by atoms with E-state index in [2.05, 4.69) is 5.32 Å². The molecule has 0 aromatic heterocycles. The fourth-order valence-electron chi connectivity index (χ4n) is 3.61. The van der Waals surface area contributed by atoms with Crippen molar-refractivity contribution in [1.82, 2.24) is 5.32 Å². The topological polar surface area (TPSA) is 32.3 Å². The van der Waals surface area contributed by atoms with Gasteiger partial charge in [-0.05, 0) is 30.9 Å². The molecule has 0 saturated heterocycles. The zero-order valence-corrected chi connectivity index (χ0v) is 12.9. The van der Waals surface area contributed by atoms with Crippen molar-refractivity contribution in [3.05, 3.63) is 29.8 Å². The van der Waals surface area contributed by atoms with Crippen molar-refractivity contribution in [1.29, 1.82) is 0 Å². The average molecular weight is 326 g/mol. The first-order valence-corrected chi connectivity index (χ1v) is 8.13. The number of fused-ring (bicyclic) bond motifs is 1. The molecule has 0 radical (unpaired) electrons. The van der Waals surface area contributed by atoms with E-state index in [9.17, 15) is 18.0 Å². The summed E-state index contributed by atoms with van der Waals surface area (Å²) in [6, 6.07) is 7.56. The fraction of sp³-hybridized carbons (Fsp3) is 0.588. The van der Waals surface area contributed by atoms with E-state index < -0.39 is 12.1 Å². The summed E-state index contributed by atoms with van der Waals surface area (Å²) < 4.78 is 38.5. The lowest BCUT2D eigenvalue weighted by Gasteiger charge is -2.31.